The summed E-state index contributed by atoms with van der Waals surface area (Å²) >= 11 is 0. The molecule has 0 saturated carbocycles. The van der Waals surface area contributed by atoms with E-state index in [1.807, 2.05) is 23.0 Å². The number of hydrogen-bond acceptors (Lipinski definition) is 3. The summed E-state index contributed by atoms with van der Waals surface area (Å²) in [5.41, 5.74) is 1.12. The number of aliphatic imine (C=N–C) groups is 1. The molecule has 0 bridgehead atoms. The number of rotatable bonds is 10. The maximum absolute atomic E-state index is 4.46. The van der Waals surface area contributed by atoms with Crippen LogP contribution in [0.3, 0.4) is 0 Å². The van der Waals surface area contributed by atoms with Gasteiger partial charge in [0.2, 0.25) is 0 Å². The molecule has 0 fully saturated rings. The zero-order valence-electron chi connectivity index (χ0n) is 16.7. The highest BCUT2D eigenvalue weighted by Gasteiger charge is 2.01. The van der Waals surface area contributed by atoms with Crippen LogP contribution in [-0.4, -0.2) is 34.1 Å². The Labute approximate surface area is 180 Å². The van der Waals surface area contributed by atoms with Crippen LogP contribution in [0.25, 0.3) is 5.82 Å². The number of nitrogens with zero attached hydrogens (tertiary/aromatic N) is 4. The van der Waals surface area contributed by atoms with E-state index >= 15 is 0 Å². The van der Waals surface area contributed by atoms with Crippen molar-refractivity contribution in [1.29, 1.82) is 0 Å². The number of imidazole rings is 1. The zero-order valence-corrected chi connectivity index (χ0v) is 19.0. The van der Waals surface area contributed by atoms with Gasteiger partial charge in [-0.2, -0.15) is 0 Å². The molecule has 2 aromatic rings. The van der Waals surface area contributed by atoms with E-state index in [4.69, 9.17) is 0 Å². The summed E-state index contributed by atoms with van der Waals surface area (Å²) in [5, 5.41) is 6.72. The second kappa shape index (κ2) is 13.5. The molecule has 0 aliphatic carbocycles. The van der Waals surface area contributed by atoms with Crippen LogP contribution in [0.4, 0.5) is 0 Å². The van der Waals surface area contributed by atoms with Gasteiger partial charge in [0, 0.05) is 38.7 Å². The first kappa shape index (κ1) is 23.4. The Morgan fingerprint density at radius 3 is 2.59 bits per heavy atom. The lowest BCUT2D eigenvalue weighted by atomic mass is 10.0. The molecule has 27 heavy (non-hydrogen) atoms. The van der Waals surface area contributed by atoms with E-state index in [0.717, 1.165) is 29.8 Å². The van der Waals surface area contributed by atoms with Gasteiger partial charge in [0.1, 0.15) is 12.1 Å². The fourth-order valence-corrected chi connectivity index (χ4v) is 2.71. The molecule has 0 saturated heterocycles. The van der Waals surface area contributed by atoms with Crippen molar-refractivity contribution >= 4 is 29.9 Å². The van der Waals surface area contributed by atoms with Gasteiger partial charge in [0.25, 0.3) is 0 Å². The van der Waals surface area contributed by atoms with Gasteiger partial charge in [-0.1, -0.05) is 45.6 Å². The Kier molecular flexibility index (Phi) is 11.7. The minimum atomic E-state index is 0. The summed E-state index contributed by atoms with van der Waals surface area (Å²) in [4.78, 5) is 12.8. The van der Waals surface area contributed by atoms with Crippen molar-refractivity contribution in [3.8, 4) is 5.82 Å². The number of pyridine rings is 1. The molecule has 0 unspecified atom stereocenters. The molecule has 0 atom stereocenters. The maximum atomic E-state index is 4.46. The van der Waals surface area contributed by atoms with E-state index in [9.17, 15) is 0 Å². The van der Waals surface area contributed by atoms with Crippen molar-refractivity contribution in [2.24, 2.45) is 10.9 Å². The molecule has 0 aliphatic rings. The summed E-state index contributed by atoms with van der Waals surface area (Å²) in [6, 6.07) is 4.06. The molecular formula is C20H33IN6. The normalized spacial score (nSPS) is 11.3. The molecule has 0 aromatic carbocycles. The summed E-state index contributed by atoms with van der Waals surface area (Å²) in [5.74, 6) is 2.52. The van der Waals surface area contributed by atoms with Gasteiger partial charge >= 0.3 is 0 Å². The highest BCUT2D eigenvalue weighted by atomic mass is 127. The monoisotopic (exact) mass is 484 g/mol. The average Bonchev–Trinajstić information content (AvgIpc) is 3.18. The summed E-state index contributed by atoms with van der Waals surface area (Å²) in [6.45, 7) is 6.24. The Morgan fingerprint density at radius 2 is 1.96 bits per heavy atom. The van der Waals surface area contributed by atoms with Crippen LogP contribution in [0.1, 0.15) is 51.5 Å². The fraction of sp³-hybridized carbons (Fsp3) is 0.550. The van der Waals surface area contributed by atoms with Crippen molar-refractivity contribution in [2.75, 3.05) is 13.6 Å². The topological polar surface area (TPSA) is 67.1 Å². The largest absolute Gasteiger partial charge is 0.356 e. The van der Waals surface area contributed by atoms with Gasteiger partial charge < -0.3 is 10.6 Å². The van der Waals surface area contributed by atoms with Gasteiger partial charge in [0.05, 0.1) is 0 Å². The van der Waals surface area contributed by atoms with E-state index in [0.29, 0.717) is 6.54 Å². The van der Waals surface area contributed by atoms with Gasteiger partial charge in [-0.25, -0.2) is 9.97 Å². The summed E-state index contributed by atoms with van der Waals surface area (Å²) < 4.78 is 1.89. The van der Waals surface area contributed by atoms with Crippen LogP contribution in [0, 0.1) is 5.92 Å². The first-order valence-corrected chi connectivity index (χ1v) is 9.57. The third-order valence-corrected chi connectivity index (χ3v) is 4.26. The molecule has 0 spiro atoms. The molecule has 2 N–H and O–H groups in total. The average molecular weight is 484 g/mol. The molecular weight excluding hydrogens is 451 g/mol. The molecule has 6 nitrogen and oxygen atoms in total. The van der Waals surface area contributed by atoms with Gasteiger partial charge in [-0.15, -0.1) is 24.0 Å². The molecule has 0 amide bonds. The number of unbranched alkanes of at least 4 members (excludes halogenated alkanes) is 3. The molecule has 7 heteroatoms. The first-order valence-electron chi connectivity index (χ1n) is 9.57. The van der Waals surface area contributed by atoms with Crippen LogP contribution in [-0.2, 0) is 6.54 Å². The Bertz CT molecular complexity index is 637. The van der Waals surface area contributed by atoms with E-state index < -0.39 is 0 Å². The molecule has 2 aromatic heterocycles. The lowest BCUT2D eigenvalue weighted by Crippen LogP contribution is -2.37. The second-order valence-corrected chi connectivity index (χ2v) is 6.94. The predicted molar refractivity (Wildman–Crippen MR) is 123 cm³/mol. The van der Waals surface area contributed by atoms with Crippen molar-refractivity contribution in [3.05, 3.63) is 42.6 Å². The third kappa shape index (κ3) is 9.21. The first-order chi connectivity index (χ1) is 12.7. The van der Waals surface area contributed by atoms with Crippen LogP contribution in [0.2, 0.25) is 0 Å². The molecule has 2 heterocycles. The van der Waals surface area contributed by atoms with Crippen molar-refractivity contribution < 1.29 is 0 Å². The number of aromatic nitrogens is 3. The lowest BCUT2D eigenvalue weighted by Gasteiger charge is -2.12. The summed E-state index contributed by atoms with van der Waals surface area (Å²) in [6.07, 6.45) is 13.7. The highest BCUT2D eigenvalue weighted by molar-refractivity contribution is 14.0. The second-order valence-electron chi connectivity index (χ2n) is 6.94. The van der Waals surface area contributed by atoms with E-state index in [2.05, 4.69) is 45.5 Å². The van der Waals surface area contributed by atoms with Crippen molar-refractivity contribution in [2.45, 2.75) is 52.5 Å². The minimum absolute atomic E-state index is 0. The predicted octanol–water partition coefficient (Wildman–Crippen LogP) is 4.16. The SMILES string of the molecule is CN=C(NCCCCCCC(C)C)NCc1ccc(-n2ccnc2)nc1.I. The van der Waals surface area contributed by atoms with E-state index in [1.165, 1.54) is 32.1 Å². The molecule has 0 aliphatic heterocycles. The molecule has 0 radical (unpaired) electrons. The van der Waals surface area contributed by atoms with Gasteiger partial charge in [0.15, 0.2) is 5.96 Å². The Morgan fingerprint density at radius 1 is 1.15 bits per heavy atom. The number of hydrogen-bond donors (Lipinski definition) is 2. The fourth-order valence-electron chi connectivity index (χ4n) is 2.71. The van der Waals surface area contributed by atoms with Gasteiger partial charge in [-0.3, -0.25) is 9.56 Å². The van der Waals surface area contributed by atoms with E-state index in [-0.39, 0.29) is 24.0 Å². The van der Waals surface area contributed by atoms with E-state index in [1.54, 1.807) is 19.6 Å². The third-order valence-electron chi connectivity index (χ3n) is 4.26. The quantitative estimate of drug-likeness (QED) is 0.230. The Hall–Kier alpha value is -1.64. The highest BCUT2D eigenvalue weighted by Crippen LogP contribution is 2.09. The smallest absolute Gasteiger partial charge is 0.191 e. The standard InChI is InChI=1S/C20H32N6.HI/c1-17(2)8-6-4-5-7-11-23-20(21-3)25-15-18-9-10-19(24-14-18)26-13-12-22-16-26;/h9-10,12-14,16-17H,4-8,11,15H2,1-3H3,(H2,21,23,25);1H. The maximum Gasteiger partial charge on any atom is 0.191 e. The van der Waals surface area contributed by atoms with Crippen LogP contribution < -0.4 is 10.6 Å². The lowest BCUT2D eigenvalue weighted by molar-refractivity contribution is 0.518. The number of nitrogens with one attached hydrogen (secondary N) is 2. The number of halogens is 1. The van der Waals surface area contributed by atoms with Crippen molar-refractivity contribution in [3.63, 3.8) is 0 Å². The molecule has 150 valence electrons. The van der Waals surface area contributed by atoms with Crippen LogP contribution in [0.5, 0.6) is 0 Å². The van der Waals surface area contributed by atoms with Gasteiger partial charge in [-0.05, 0) is 24.0 Å². The Balaban J connectivity index is 0.00000364. The molecule has 2 rings (SSSR count). The summed E-state index contributed by atoms with van der Waals surface area (Å²) in [7, 11) is 1.80. The minimum Gasteiger partial charge on any atom is -0.356 e. The van der Waals surface area contributed by atoms with Crippen molar-refractivity contribution in [1.82, 2.24) is 25.2 Å². The number of guanidine groups is 1. The zero-order chi connectivity index (χ0) is 18.6. The van der Waals surface area contributed by atoms with Crippen LogP contribution >= 0.6 is 24.0 Å². The van der Waals surface area contributed by atoms with Crippen LogP contribution in [0.15, 0.2) is 42.0 Å².